The van der Waals surface area contributed by atoms with E-state index in [0.29, 0.717) is 6.54 Å². The molecule has 0 heterocycles. The average Bonchev–Trinajstić information content (AvgIpc) is 2.23. The maximum Gasteiger partial charge on any atom is 0.328 e. The molecule has 1 aromatic carbocycles. The van der Waals surface area contributed by atoms with Crippen molar-refractivity contribution in [3.63, 3.8) is 0 Å². The number of hydrogen-bond donors (Lipinski definition) is 3. The highest BCUT2D eigenvalue weighted by Crippen LogP contribution is 2.09. The Bertz CT molecular complexity index is 350. The van der Waals surface area contributed by atoms with Gasteiger partial charge < -0.3 is 5.32 Å². The summed E-state index contributed by atoms with van der Waals surface area (Å²) in [5, 5.41) is 2.64. The molecule has 0 aliphatic carbocycles. The van der Waals surface area contributed by atoms with Gasteiger partial charge in [0.1, 0.15) is 0 Å². The summed E-state index contributed by atoms with van der Waals surface area (Å²) in [6.45, 7) is 4.75. The molecular formula is C11H17N3O. The molecule has 0 saturated carbocycles. The number of aryl methyl sites for hydroxylation is 2. The van der Waals surface area contributed by atoms with Crippen molar-refractivity contribution in [3.8, 4) is 0 Å². The Labute approximate surface area is 89.8 Å². The number of carbonyl (C=O) groups excluding carboxylic acids is 1. The first-order valence-corrected chi connectivity index (χ1v) is 4.94. The Morgan fingerprint density at radius 2 is 2.07 bits per heavy atom. The Hall–Kier alpha value is -1.55. The van der Waals surface area contributed by atoms with Crippen LogP contribution in [0.15, 0.2) is 18.2 Å². The van der Waals surface area contributed by atoms with Crippen LogP contribution in [-0.2, 0) is 6.42 Å². The lowest BCUT2D eigenvalue weighted by atomic mass is 10.0. The largest absolute Gasteiger partial charge is 0.337 e. The molecule has 0 spiro atoms. The van der Waals surface area contributed by atoms with Crippen molar-refractivity contribution in [2.75, 3.05) is 6.54 Å². The number of benzene rings is 1. The minimum atomic E-state index is -0.348. The molecule has 4 nitrogen and oxygen atoms in total. The number of urea groups is 1. The van der Waals surface area contributed by atoms with Gasteiger partial charge in [0, 0.05) is 6.54 Å². The Kier molecular flexibility index (Phi) is 4.12. The maximum absolute atomic E-state index is 10.8. The number of carbonyl (C=O) groups is 1. The summed E-state index contributed by atoms with van der Waals surface area (Å²) in [6.07, 6.45) is 0.814. The summed E-state index contributed by atoms with van der Waals surface area (Å²) in [4.78, 5) is 10.8. The summed E-state index contributed by atoms with van der Waals surface area (Å²) in [7, 11) is 0. The molecule has 82 valence electrons. The molecule has 0 atom stereocenters. The van der Waals surface area contributed by atoms with Crippen LogP contribution in [0.3, 0.4) is 0 Å². The van der Waals surface area contributed by atoms with Gasteiger partial charge in [-0.25, -0.2) is 10.6 Å². The normalized spacial score (nSPS) is 9.80. The van der Waals surface area contributed by atoms with Crippen LogP contribution in [0.4, 0.5) is 4.79 Å². The van der Waals surface area contributed by atoms with Crippen LogP contribution in [0.1, 0.15) is 16.7 Å². The highest BCUT2D eigenvalue weighted by Gasteiger charge is 1.98. The number of hydrazine groups is 1. The maximum atomic E-state index is 10.8. The van der Waals surface area contributed by atoms with Gasteiger partial charge in [0.05, 0.1) is 0 Å². The molecular weight excluding hydrogens is 190 g/mol. The predicted octanol–water partition coefficient (Wildman–Crippen LogP) is 1.02. The van der Waals surface area contributed by atoms with Crippen LogP contribution < -0.4 is 16.6 Å². The molecule has 4 heteroatoms. The zero-order chi connectivity index (χ0) is 11.3. The highest BCUT2D eigenvalue weighted by molar-refractivity contribution is 5.72. The zero-order valence-electron chi connectivity index (χ0n) is 9.13. The molecule has 1 aromatic rings. The lowest BCUT2D eigenvalue weighted by molar-refractivity contribution is 0.241. The SMILES string of the molecule is Cc1ccc(CCNC(=O)NN)cc1C. The summed E-state index contributed by atoms with van der Waals surface area (Å²) in [6, 6.07) is 5.95. The van der Waals surface area contributed by atoms with Gasteiger partial charge in [0.2, 0.25) is 0 Å². The Morgan fingerprint density at radius 3 is 2.67 bits per heavy atom. The Morgan fingerprint density at radius 1 is 1.33 bits per heavy atom. The fraction of sp³-hybridized carbons (Fsp3) is 0.364. The van der Waals surface area contributed by atoms with Gasteiger partial charge in [-0.15, -0.1) is 0 Å². The number of hydrogen-bond acceptors (Lipinski definition) is 2. The third-order valence-electron chi connectivity index (χ3n) is 2.40. The predicted molar refractivity (Wildman–Crippen MR) is 60.3 cm³/mol. The first-order valence-electron chi connectivity index (χ1n) is 4.94. The van der Waals surface area contributed by atoms with Crippen LogP contribution in [0, 0.1) is 13.8 Å². The average molecular weight is 207 g/mol. The van der Waals surface area contributed by atoms with Gasteiger partial charge in [0.25, 0.3) is 0 Å². The van der Waals surface area contributed by atoms with Crippen LogP contribution in [-0.4, -0.2) is 12.6 Å². The van der Waals surface area contributed by atoms with E-state index in [4.69, 9.17) is 5.84 Å². The minimum absolute atomic E-state index is 0.348. The van der Waals surface area contributed by atoms with E-state index in [1.54, 1.807) is 0 Å². The highest BCUT2D eigenvalue weighted by atomic mass is 16.2. The van der Waals surface area contributed by atoms with Gasteiger partial charge in [-0.2, -0.15) is 0 Å². The monoisotopic (exact) mass is 207 g/mol. The number of nitrogens with one attached hydrogen (secondary N) is 2. The van der Waals surface area contributed by atoms with Crippen molar-refractivity contribution in [1.29, 1.82) is 0 Å². The molecule has 0 radical (unpaired) electrons. The third-order valence-corrected chi connectivity index (χ3v) is 2.40. The van der Waals surface area contributed by atoms with Crippen LogP contribution in [0.25, 0.3) is 0 Å². The van der Waals surface area contributed by atoms with E-state index in [2.05, 4.69) is 37.4 Å². The van der Waals surface area contributed by atoms with Crippen LogP contribution >= 0.6 is 0 Å². The fourth-order valence-electron chi connectivity index (χ4n) is 1.33. The van der Waals surface area contributed by atoms with Gasteiger partial charge in [-0.3, -0.25) is 5.43 Å². The van der Waals surface area contributed by atoms with Gasteiger partial charge in [-0.1, -0.05) is 18.2 Å². The Balaban J connectivity index is 2.44. The third kappa shape index (κ3) is 3.59. The molecule has 0 aliphatic heterocycles. The fourth-order valence-corrected chi connectivity index (χ4v) is 1.33. The number of nitrogens with two attached hydrogens (primary N) is 1. The first kappa shape index (κ1) is 11.5. The van der Waals surface area contributed by atoms with Crippen molar-refractivity contribution in [1.82, 2.24) is 10.7 Å². The van der Waals surface area contributed by atoms with Crippen LogP contribution in [0.5, 0.6) is 0 Å². The van der Waals surface area contributed by atoms with Crippen LogP contribution in [0.2, 0.25) is 0 Å². The molecule has 4 N–H and O–H groups in total. The van der Waals surface area contributed by atoms with E-state index >= 15 is 0 Å². The number of amides is 2. The van der Waals surface area contributed by atoms with Gasteiger partial charge >= 0.3 is 6.03 Å². The van der Waals surface area contributed by atoms with E-state index in [1.807, 2.05) is 5.43 Å². The summed E-state index contributed by atoms with van der Waals surface area (Å²) in [5.41, 5.74) is 5.80. The molecule has 0 aliphatic rings. The smallest absolute Gasteiger partial charge is 0.328 e. The van der Waals surface area contributed by atoms with Crippen molar-refractivity contribution < 1.29 is 4.79 Å². The number of rotatable bonds is 3. The second-order valence-corrected chi connectivity index (χ2v) is 3.57. The van der Waals surface area contributed by atoms with Crippen molar-refractivity contribution in [2.45, 2.75) is 20.3 Å². The zero-order valence-corrected chi connectivity index (χ0v) is 9.13. The standard InChI is InChI=1S/C11H17N3O/c1-8-3-4-10(7-9(8)2)5-6-13-11(15)14-12/h3-4,7H,5-6,12H2,1-2H3,(H2,13,14,15). The summed E-state index contributed by atoms with van der Waals surface area (Å²) in [5.74, 6) is 4.93. The van der Waals surface area contributed by atoms with E-state index in [9.17, 15) is 4.79 Å². The molecule has 0 unspecified atom stereocenters. The molecule has 1 rings (SSSR count). The summed E-state index contributed by atoms with van der Waals surface area (Å²) >= 11 is 0. The van der Waals surface area contributed by atoms with Gasteiger partial charge in [-0.05, 0) is 37.0 Å². The van der Waals surface area contributed by atoms with E-state index < -0.39 is 0 Å². The molecule has 0 fully saturated rings. The second-order valence-electron chi connectivity index (χ2n) is 3.57. The quantitative estimate of drug-likeness (QED) is 0.393. The van der Waals surface area contributed by atoms with Crippen molar-refractivity contribution in [3.05, 3.63) is 34.9 Å². The molecule has 0 bridgehead atoms. The van der Waals surface area contributed by atoms with E-state index in [1.165, 1.54) is 16.7 Å². The van der Waals surface area contributed by atoms with E-state index in [0.717, 1.165) is 6.42 Å². The van der Waals surface area contributed by atoms with E-state index in [-0.39, 0.29) is 6.03 Å². The van der Waals surface area contributed by atoms with Crippen molar-refractivity contribution >= 4 is 6.03 Å². The summed E-state index contributed by atoms with van der Waals surface area (Å²) < 4.78 is 0. The molecule has 15 heavy (non-hydrogen) atoms. The topological polar surface area (TPSA) is 67.2 Å². The van der Waals surface area contributed by atoms with Gasteiger partial charge in [0.15, 0.2) is 0 Å². The van der Waals surface area contributed by atoms with Crippen molar-refractivity contribution in [2.24, 2.45) is 5.84 Å². The second kappa shape index (κ2) is 5.36. The molecule has 0 aromatic heterocycles. The lowest BCUT2D eigenvalue weighted by Crippen LogP contribution is -2.40. The molecule has 2 amide bonds. The molecule has 0 saturated heterocycles. The lowest BCUT2D eigenvalue weighted by Gasteiger charge is -2.06. The minimum Gasteiger partial charge on any atom is -0.337 e. The first-order chi connectivity index (χ1) is 7.13.